The molecule has 0 saturated carbocycles. The zero-order chi connectivity index (χ0) is 17.0. The molecule has 0 atom stereocenters. The Balaban J connectivity index is 0.000000366. The molecule has 0 amide bonds. The second-order valence-corrected chi connectivity index (χ2v) is 5.14. The van der Waals surface area contributed by atoms with Crippen LogP contribution in [0.15, 0.2) is 67.8 Å². The van der Waals surface area contributed by atoms with Gasteiger partial charge in [0, 0.05) is 0 Å². The Morgan fingerprint density at radius 1 is 0.955 bits per heavy atom. The van der Waals surface area contributed by atoms with Gasteiger partial charge in [-0.15, -0.1) is 6.58 Å². The first kappa shape index (κ1) is 19.9. The lowest BCUT2D eigenvalue weighted by Crippen LogP contribution is -1.82. The van der Waals surface area contributed by atoms with Gasteiger partial charge in [-0.1, -0.05) is 91.7 Å². The van der Waals surface area contributed by atoms with Crippen LogP contribution in [0.5, 0.6) is 0 Å². The fourth-order valence-electron chi connectivity index (χ4n) is 2.00. The molecule has 0 heteroatoms. The summed E-state index contributed by atoms with van der Waals surface area (Å²) in [5.41, 5.74) is 6.33. The lowest BCUT2D eigenvalue weighted by atomic mass is 10.0. The highest BCUT2D eigenvalue weighted by molar-refractivity contribution is 5.62. The van der Waals surface area contributed by atoms with Gasteiger partial charge in [-0.25, -0.2) is 0 Å². The first-order valence-corrected chi connectivity index (χ1v) is 7.92. The van der Waals surface area contributed by atoms with Gasteiger partial charge >= 0.3 is 0 Å². The summed E-state index contributed by atoms with van der Waals surface area (Å²) in [6.45, 7) is 17.8. The highest BCUT2D eigenvalue weighted by Gasteiger charge is 1.94. The largest absolute Gasteiger partial charge is 0.103 e. The van der Waals surface area contributed by atoms with Crippen molar-refractivity contribution >= 4 is 5.57 Å². The van der Waals surface area contributed by atoms with Gasteiger partial charge < -0.3 is 0 Å². The summed E-state index contributed by atoms with van der Waals surface area (Å²) in [7, 11) is 0. The molecule has 0 spiro atoms. The highest BCUT2D eigenvalue weighted by Crippen LogP contribution is 2.15. The number of rotatable bonds is 3. The first-order chi connectivity index (χ1) is 10.5. The third kappa shape index (κ3) is 8.26. The Hall–Kier alpha value is -2.08. The fourth-order valence-corrected chi connectivity index (χ4v) is 2.00. The van der Waals surface area contributed by atoms with Crippen LogP contribution >= 0.6 is 0 Å². The number of allylic oxidation sites excluding steroid dienone is 2. The van der Waals surface area contributed by atoms with Crippen molar-refractivity contribution in [2.75, 3.05) is 0 Å². The molecule has 118 valence electrons. The van der Waals surface area contributed by atoms with E-state index in [9.17, 15) is 0 Å². The Morgan fingerprint density at radius 3 is 1.86 bits per heavy atom. The maximum absolute atomic E-state index is 3.91. The van der Waals surface area contributed by atoms with E-state index in [0.717, 1.165) is 12.0 Å². The molecule has 0 unspecified atom stereocenters. The molecular formula is C22H30. The maximum atomic E-state index is 3.91. The van der Waals surface area contributed by atoms with Gasteiger partial charge in [-0.2, -0.15) is 0 Å². The molecule has 22 heavy (non-hydrogen) atoms. The quantitative estimate of drug-likeness (QED) is 0.547. The van der Waals surface area contributed by atoms with Crippen molar-refractivity contribution in [2.24, 2.45) is 0 Å². The molecule has 2 aromatic rings. The van der Waals surface area contributed by atoms with E-state index in [1.807, 2.05) is 45.0 Å². The van der Waals surface area contributed by atoms with Crippen molar-refractivity contribution in [2.45, 2.75) is 41.0 Å². The Labute approximate surface area is 137 Å². The first-order valence-electron chi connectivity index (χ1n) is 7.92. The average molecular weight is 294 g/mol. The van der Waals surface area contributed by atoms with Crippen molar-refractivity contribution in [1.82, 2.24) is 0 Å². The van der Waals surface area contributed by atoms with Crippen LogP contribution in [0.3, 0.4) is 0 Å². The lowest BCUT2D eigenvalue weighted by Gasteiger charge is -2.02. The van der Waals surface area contributed by atoms with E-state index in [-0.39, 0.29) is 0 Å². The van der Waals surface area contributed by atoms with Crippen LogP contribution in [0, 0.1) is 13.8 Å². The van der Waals surface area contributed by atoms with Crippen LogP contribution in [0.2, 0.25) is 0 Å². The minimum absolute atomic E-state index is 0.973. The topological polar surface area (TPSA) is 0 Å². The molecule has 2 rings (SSSR count). The molecule has 0 fully saturated rings. The molecule has 0 radical (unpaired) electrons. The summed E-state index contributed by atoms with van der Waals surface area (Å²) in [4.78, 5) is 0. The van der Waals surface area contributed by atoms with Gasteiger partial charge in [0.25, 0.3) is 0 Å². The number of hydrogen-bond acceptors (Lipinski definition) is 0. The normalized spacial score (nSPS) is 8.77. The van der Waals surface area contributed by atoms with Gasteiger partial charge in [0.2, 0.25) is 0 Å². The fraction of sp³-hybridized carbons (Fsp3) is 0.273. The molecule has 0 aliphatic carbocycles. The summed E-state index contributed by atoms with van der Waals surface area (Å²) in [5, 5.41) is 0. The summed E-state index contributed by atoms with van der Waals surface area (Å²) >= 11 is 0. The third-order valence-corrected chi connectivity index (χ3v) is 2.94. The predicted octanol–water partition coefficient (Wildman–Crippen LogP) is 6.78. The highest BCUT2D eigenvalue weighted by atomic mass is 14.0. The summed E-state index contributed by atoms with van der Waals surface area (Å²) < 4.78 is 0. The van der Waals surface area contributed by atoms with Crippen LogP contribution in [-0.2, 0) is 6.42 Å². The van der Waals surface area contributed by atoms with E-state index in [2.05, 4.69) is 57.3 Å². The smallest absolute Gasteiger partial charge is 0.0100 e. The SMILES string of the molecule is C=C(C)c1cc(C)cc(C)c1.C=CCc1ccccc1.CC. The van der Waals surface area contributed by atoms with Crippen LogP contribution in [0.25, 0.3) is 5.57 Å². The van der Waals surface area contributed by atoms with Crippen molar-refractivity contribution in [3.05, 3.63) is 90.0 Å². The predicted molar refractivity (Wildman–Crippen MR) is 102 cm³/mol. The summed E-state index contributed by atoms with van der Waals surface area (Å²) in [5.74, 6) is 0. The van der Waals surface area contributed by atoms with Crippen LogP contribution in [-0.4, -0.2) is 0 Å². The molecule has 0 bridgehead atoms. The standard InChI is InChI=1S/C11H14.C9H10.C2H6/c1-8(2)11-6-9(3)5-10(4)7-11;1-2-6-9-7-4-3-5-8-9;1-2/h5-7H,1H2,2-4H3;2-5,7-8H,1,6H2;1-2H3. The molecule has 0 saturated heterocycles. The minimum atomic E-state index is 0.973. The van der Waals surface area contributed by atoms with Crippen LogP contribution in [0.4, 0.5) is 0 Å². The van der Waals surface area contributed by atoms with Crippen LogP contribution < -0.4 is 0 Å². The van der Waals surface area contributed by atoms with Crippen molar-refractivity contribution < 1.29 is 0 Å². The average Bonchev–Trinajstić information content (AvgIpc) is 2.50. The second kappa shape index (κ2) is 11.6. The molecule has 0 N–H and O–H groups in total. The van der Waals surface area contributed by atoms with Crippen molar-refractivity contribution in [1.29, 1.82) is 0 Å². The molecular weight excluding hydrogens is 264 g/mol. The number of hydrogen-bond donors (Lipinski definition) is 0. The van der Waals surface area contributed by atoms with E-state index in [4.69, 9.17) is 0 Å². The van der Waals surface area contributed by atoms with E-state index in [0.29, 0.717) is 0 Å². The summed E-state index contributed by atoms with van der Waals surface area (Å²) in [6, 6.07) is 16.8. The van der Waals surface area contributed by atoms with Gasteiger partial charge in [0.1, 0.15) is 0 Å². The summed E-state index contributed by atoms with van der Waals surface area (Å²) in [6.07, 6.45) is 2.89. The zero-order valence-corrected chi connectivity index (χ0v) is 14.8. The van der Waals surface area contributed by atoms with Gasteiger partial charge in [0.15, 0.2) is 0 Å². The molecule has 0 aliphatic heterocycles. The Bertz CT molecular complexity index is 542. The number of aryl methyl sites for hydroxylation is 2. The van der Waals surface area contributed by atoms with Crippen molar-refractivity contribution in [3.8, 4) is 0 Å². The van der Waals surface area contributed by atoms with Gasteiger partial charge in [-0.05, 0) is 38.3 Å². The van der Waals surface area contributed by atoms with Crippen molar-refractivity contribution in [3.63, 3.8) is 0 Å². The van der Waals surface area contributed by atoms with E-state index >= 15 is 0 Å². The second-order valence-electron chi connectivity index (χ2n) is 5.14. The van der Waals surface area contributed by atoms with Gasteiger partial charge in [-0.3, -0.25) is 0 Å². The Morgan fingerprint density at radius 2 is 1.45 bits per heavy atom. The van der Waals surface area contributed by atoms with E-state index in [1.54, 1.807) is 0 Å². The maximum Gasteiger partial charge on any atom is -0.0100 e. The van der Waals surface area contributed by atoms with E-state index < -0.39 is 0 Å². The van der Waals surface area contributed by atoms with Gasteiger partial charge in [0.05, 0.1) is 0 Å². The minimum Gasteiger partial charge on any atom is -0.103 e. The molecule has 0 heterocycles. The lowest BCUT2D eigenvalue weighted by molar-refractivity contribution is 1.28. The van der Waals surface area contributed by atoms with Crippen LogP contribution in [0.1, 0.15) is 43.0 Å². The van der Waals surface area contributed by atoms with E-state index in [1.165, 1.54) is 22.3 Å². The molecule has 2 aromatic carbocycles. The third-order valence-electron chi connectivity index (χ3n) is 2.94. The molecule has 0 aliphatic rings. The Kier molecular flexibility index (Phi) is 10.5. The molecule has 0 aromatic heterocycles. The zero-order valence-electron chi connectivity index (χ0n) is 14.8. The monoisotopic (exact) mass is 294 g/mol. The number of benzene rings is 2. The molecule has 0 nitrogen and oxygen atoms in total.